The molecule has 0 bridgehead atoms. The van der Waals surface area contributed by atoms with Gasteiger partial charge in [0, 0.05) is 14.1 Å². The van der Waals surface area contributed by atoms with Crippen LogP contribution in [0.5, 0.6) is 11.5 Å². The van der Waals surface area contributed by atoms with Crippen LogP contribution in [0.1, 0.15) is 5.56 Å². The van der Waals surface area contributed by atoms with Gasteiger partial charge in [-0.2, -0.15) is 0 Å². The van der Waals surface area contributed by atoms with Crippen LogP contribution < -0.4 is 4.74 Å². The zero-order valence-electron chi connectivity index (χ0n) is 12.1. The van der Waals surface area contributed by atoms with E-state index in [1.165, 1.54) is 43.1 Å². The standard InChI is InChI=1S/C14H13BrN2O4S/c1-16-12(19)8(13(20)17(2)14(16)22)4-7-5-9(15)11(18)10(6-7)21-3/h4-6,18H,1-3H3. The third-order valence-electron chi connectivity index (χ3n) is 3.23. The molecule has 0 radical (unpaired) electrons. The van der Waals surface area contributed by atoms with E-state index in [0.717, 1.165) is 0 Å². The van der Waals surface area contributed by atoms with Crippen LogP contribution in [-0.2, 0) is 9.59 Å². The summed E-state index contributed by atoms with van der Waals surface area (Å²) >= 11 is 8.22. The van der Waals surface area contributed by atoms with Gasteiger partial charge in [-0.3, -0.25) is 19.4 Å². The number of nitrogens with zero attached hydrogens (tertiary/aromatic N) is 2. The molecule has 0 aromatic heterocycles. The average molecular weight is 385 g/mol. The molecule has 0 saturated carbocycles. The minimum absolute atomic E-state index is 0.0155. The van der Waals surface area contributed by atoms with Gasteiger partial charge >= 0.3 is 0 Å². The van der Waals surface area contributed by atoms with Gasteiger partial charge in [-0.05, 0) is 51.9 Å². The molecule has 1 aliphatic heterocycles. The van der Waals surface area contributed by atoms with E-state index in [2.05, 4.69) is 15.9 Å². The molecule has 116 valence electrons. The number of hydrogen-bond donors (Lipinski definition) is 1. The van der Waals surface area contributed by atoms with Crippen molar-refractivity contribution in [2.75, 3.05) is 21.2 Å². The lowest BCUT2D eigenvalue weighted by Gasteiger charge is -2.31. The Morgan fingerprint density at radius 1 is 1.23 bits per heavy atom. The topological polar surface area (TPSA) is 70.1 Å². The molecule has 1 aromatic rings. The number of halogens is 1. The Morgan fingerprint density at radius 3 is 2.27 bits per heavy atom. The molecule has 1 aliphatic rings. The minimum Gasteiger partial charge on any atom is -0.503 e. The number of phenols is 1. The fraction of sp³-hybridized carbons (Fsp3) is 0.214. The van der Waals surface area contributed by atoms with E-state index in [9.17, 15) is 14.7 Å². The predicted octanol–water partition coefficient (Wildman–Crippen LogP) is 1.76. The number of methoxy groups -OCH3 is 1. The third kappa shape index (κ3) is 2.71. The zero-order chi connectivity index (χ0) is 16.6. The Hall–Kier alpha value is -1.93. The van der Waals surface area contributed by atoms with E-state index in [1.54, 1.807) is 6.07 Å². The van der Waals surface area contributed by atoms with Crippen molar-refractivity contribution < 1.29 is 19.4 Å². The van der Waals surface area contributed by atoms with E-state index < -0.39 is 11.8 Å². The van der Waals surface area contributed by atoms with Crippen LogP contribution in [0.3, 0.4) is 0 Å². The number of carbonyl (C=O) groups is 2. The summed E-state index contributed by atoms with van der Waals surface area (Å²) < 4.78 is 5.44. The van der Waals surface area contributed by atoms with Crippen molar-refractivity contribution in [3.63, 3.8) is 0 Å². The van der Waals surface area contributed by atoms with Crippen molar-refractivity contribution >= 4 is 51.2 Å². The molecule has 8 heteroatoms. The van der Waals surface area contributed by atoms with Gasteiger partial charge in [-0.25, -0.2) is 0 Å². The lowest BCUT2D eigenvalue weighted by Crippen LogP contribution is -2.52. The van der Waals surface area contributed by atoms with Crippen molar-refractivity contribution in [1.29, 1.82) is 0 Å². The first-order valence-corrected chi connectivity index (χ1v) is 7.36. The number of likely N-dealkylation sites (N-methyl/N-ethyl adjacent to an activating group) is 2. The Bertz CT molecular complexity index is 691. The van der Waals surface area contributed by atoms with Crippen LogP contribution in [0, 0.1) is 0 Å². The SMILES string of the molecule is COc1cc(C=C2C(=O)N(C)C(=S)N(C)C2=O)cc(Br)c1O. The number of phenolic OH excluding ortho intramolecular Hbond substituents is 1. The number of benzene rings is 1. The summed E-state index contributed by atoms with van der Waals surface area (Å²) in [5.74, 6) is -0.775. The lowest BCUT2D eigenvalue weighted by atomic mass is 10.1. The van der Waals surface area contributed by atoms with Crippen LogP contribution >= 0.6 is 28.1 Å². The average Bonchev–Trinajstić information content (AvgIpc) is 2.50. The molecule has 2 amide bonds. The Morgan fingerprint density at radius 2 is 1.77 bits per heavy atom. The van der Waals surface area contributed by atoms with Crippen LogP contribution in [0.4, 0.5) is 0 Å². The van der Waals surface area contributed by atoms with Gasteiger partial charge < -0.3 is 9.84 Å². The van der Waals surface area contributed by atoms with Gasteiger partial charge in [0.2, 0.25) is 0 Å². The zero-order valence-corrected chi connectivity index (χ0v) is 14.5. The molecular weight excluding hydrogens is 372 g/mol. The van der Waals surface area contributed by atoms with Gasteiger partial charge in [-0.1, -0.05) is 0 Å². The second-order valence-electron chi connectivity index (χ2n) is 4.62. The molecule has 0 unspecified atom stereocenters. The molecule has 0 atom stereocenters. The van der Waals surface area contributed by atoms with Gasteiger partial charge in [0.05, 0.1) is 11.6 Å². The number of thiocarbonyl (C=S) groups is 1. The third-order valence-corrected chi connectivity index (χ3v) is 4.38. The summed E-state index contributed by atoms with van der Waals surface area (Å²) in [6.45, 7) is 0. The monoisotopic (exact) mass is 384 g/mol. The van der Waals surface area contributed by atoms with E-state index in [1.807, 2.05) is 0 Å². The fourth-order valence-corrected chi connectivity index (χ4v) is 2.60. The highest BCUT2D eigenvalue weighted by atomic mass is 79.9. The van der Waals surface area contributed by atoms with Gasteiger partial charge in [0.25, 0.3) is 11.8 Å². The maximum absolute atomic E-state index is 12.2. The van der Waals surface area contributed by atoms with E-state index in [-0.39, 0.29) is 22.2 Å². The summed E-state index contributed by atoms with van der Waals surface area (Å²) in [5, 5.41) is 9.94. The molecule has 1 heterocycles. The molecule has 2 rings (SSSR count). The van der Waals surface area contributed by atoms with E-state index >= 15 is 0 Å². The van der Waals surface area contributed by atoms with Gasteiger partial charge in [-0.15, -0.1) is 0 Å². The van der Waals surface area contributed by atoms with Crippen LogP contribution in [0.2, 0.25) is 0 Å². The quantitative estimate of drug-likeness (QED) is 0.477. The summed E-state index contributed by atoms with van der Waals surface area (Å²) in [7, 11) is 4.43. The highest BCUT2D eigenvalue weighted by Gasteiger charge is 2.35. The van der Waals surface area contributed by atoms with Crippen molar-refractivity contribution in [2.24, 2.45) is 0 Å². The van der Waals surface area contributed by atoms with Crippen LogP contribution in [0.25, 0.3) is 6.08 Å². The first-order chi connectivity index (χ1) is 10.3. The number of aromatic hydroxyl groups is 1. The molecule has 6 nitrogen and oxygen atoms in total. The number of amides is 2. The van der Waals surface area contributed by atoms with Gasteiger partial charge in [0.1, 0.15) is 5.57 Å². The Balaban J connectivity index is 2.52. The van der Waals surface area contributed by atoms with Crippen molar-refractivity contribution in [3.8, 4) is 11.5 Å². The first kappa shape index (κ1) is 16.4. The summed E-state index contributed by atoms with van der Waals surface area (Å²) in [5.41, 5.74) is 0.520. The van der Waals surface area contributed by atoms with Gasteiger partial charge in [0.15, 0.2) is 16.6 Å². The smallest absolute Gasteiger partial charge is 0.265 e. The summed E-state index contributed by atoms with van der Waals surface area (Å²) in [4.78, 5) is 26.9. The molecule has 1 aromatic carbocycles. The fourth-order valence-electron chi connectivity index (χ4n) is 1.97. The number of carbonyl (C=O) groups excluding carboxylic acids is 2. The lowest BCUT2D eigenvalue weighted by molar-refractivity contribution is -0.132. The highest BCUT2D eigenvalue weighted by Crippen LogP contribution is 2.36. The van der Waals surface area contributed by atoms with Crippen LogP contribution in [0.15, 0.2) is 22.2 Å². The van der Waals surface area contributed by atoms with Crippen molar-refractivity contribution in [1.82, 2.24) is 9.80 Å². The number of hydrogen-bond acceptors (Lipinski definition) is 5. The molecule has 1 N–H and O–H groups in total. The minimum atomic E-state index is -0.476. The molecule has 1 fully saturated rings. The molecule has 1 saturated heterocycles. The summed E-state index contributed by atoms with van der Waals surface area (Å²) in [6, 6.07) is 3.11. The largest absolute Gasteiger partial charge is 0.503 e. The maximum atomic E-state index is 12.2. The second-order valence-corrected chi connectivity index (χ2v) is 5.84. The molecule has 22 heavy (non-hydrogen) atoms. The van der Waals surface area contributed by atoms with E-state index in [4.69, 9.17) is 17.0 Å². The number of ether oxygens (including phenoxy) is 1. The normalized spacial score (nSPS) is 15.5. The Labute approximate surface area is 141 Å². The predicted molar refractivity (Wildman–Crippen MR) is 88.5 cm³/mol. The molecular formula is C14H13BrN2O4S. The number of rotatable bonds is 2. The summed E-state index contributed by atoms with van der Waals surface area (Å²) in [6.07, 6.45) is 1.44. The van der Waals surface area contributed by atoms with Crippen molar-refractivity contribution in [2.45, 2.75) is 0 Å². The Kier molecular flexibility index (Phi) is 4.52. The first-order valence-electron chi connectivity index (χ1n) is 6.16. The second kappa shape index (κ2) is 6.05. The molecule has 0 aliphatic carbocycles. The van der Waals surface area contributed by atoms with E-state index in [0.29, 0.717) is 10.0 Å². The molecule has 0 spiro atoms. The maximum Gasteiger partial charge on any atom is 0.265 e. The van der Waals surface area contributed by atoms with Crippen molar-refractivity contribution in [3.05, 3.63) is 27.7 Å². The highest BCUT2D eigenvalue weighted by molar-refractivity contribution is 9.10. The van der Waals surface area contributed by atoms with Crippen LogP contribution in [-0.4, -0.2) is 53.0 Å².